The molecule has 1 N–H and O–H groups in total. The highest BCUT2D eigenvalue weighted by molar-refractivity contribution is 14.1. The van der Waals surface area contributed by atoms with Gasteiger partial charge in [0.2, 0.25) is 0 Å². The van der Waals surface area contributed by atoms with E-state index in [0.29, 0.717) is 0 Å². The lowest BCUT2D eigenvalue weighted by Crippen LogP contribution is -2.38. The lowest BCUT2D eigenvalue weighted by molar-refractivity contribution is 0.471. The van der Waals surface area contributed by atoms with E-state index in [1.807, 2.05) is 18.3 Å². The highest BCUT2D eigenvalue weighted by Crippen LogP contribution is 2.18. The average Bonchev–Trinajstić information content (AvgIpc) is 3.06. The van der Waals surface area contributed by atoms with E-state index in [2.05, 4.69) is 69.3 Å². The van der Waals surface area contributed by atoms with Crippen LogP contribution in [0.25, 0.3) is 0 Å². The number of aryl methyl sites for hydroxylation is 1. The predicted octanol–water partition coefficient (Wildman–Crippen LogP) is 3.76. The Hall–Kier alpha value is -0.670. The Morgan fingerprint density at radius 3 is 2.86 bits per heavy atom. The highest BCUT2D eigenvalue weighted by Gasteiger charge is 2.08. The summed E-state index contributed by atoms with van der Waals surface area (Å²) in [5.74, 6) is 0.944. The second-order valence-corrected chi connectivity index (χ2v) is 9.03. The number of thiophene rings is 1. The minimum absolute atomic E-state index is 0.785. The molecule has 0 fully saturated rings. The van der Waals surface area contributed by atoms with Gasteiger partial charge in [-0.1, -0.05) is 0 Å². The van der Waals surface area contributed by atoms with Crippen molar-refractivity contribution in [2.75, 3.05) is 20.1 Å². The van der Waals surface area contributed by atoms with Crippen molar-refractivity contribution in [2.45, 2.75) is 26.8 Å². The van der Waals surface area contributed by atoms with Crippen LogP contribution in [0.15, 0.2) is 22.5 Å². The van der Waals surface area contributed by atoms with Gasteiger partial charge in [-0.25, -0.2) is 4.98 Å². The van der Waals surface area contributed by atoms with Crippen LogP contribution in [0.5, 0.6) is 0 Å². The van der Waals surface area contributed by atoms with Gasteiger partial charge in [0.05, 0.1) is 20.1 Å². The number of guanidine groups is 1. The Kier molecular flexibility index (Phi) is 7.10. The fraction of sp³-hybridized carbons (Fsp3) is 0.467. The number of hydrogen-bond donors (Lipinski definition) is 1. The molecule has 2 aromatic heterocycles. The number of nitrogens with one attached hydrogen (secondary N) is 1. The third kappa shape index (κ3) is 5.51. The van der Waals surface area contributed by atoms with Crippen LogP contribution in [0.1, 0.15) is 22.5 Å². The van der Waals surface area contributed by atoms with Gasteiger partial charge in [-0.15, -0.1) is 22.7 Å². The zero-order valence-electron chi connectivity index (χ0n) is 13.1. The van der Waals surface area contributed by atoms with E-state index >= 15 is 0 Å². The zero-order chi connectivity index (χ0) is 15.9. The van der Waals surface area contributed by atoms with Crippen LogP contribution < -0.4 is 5.32 Å². The van der Waals surface area contributed by atoms with Gasteiger partial charge < -0.3 is 10.2 Å². The third-order valence-corrected chi connectivity index (χ3v) is 5.79. The molecule has 0 unspecified atom stereocenters. The molecule has 0 aliphatic carbocycles. The van der Waals surface area contributed by atoms with E-state index in [-0.39, 0.29) is 0 Å². The molecule has 0 aliphatic rings. The van der Waals surface area contributed by atoms with Crippen molar-refractivity contribution in [3.05, 3.63) is 36.0 Å². The molecule has 0 aromatic carbocycles. The van der Waals surface area contributed by atoms with Crippen molar-refractivity contribution < 1.29 is 0 Å². The maximum Gasteiger partial charge on any atom is 0.194 e. The monoisotopic (exact) mass is 448 g/mol. The molecular weight excluding hydrogens is 427 g/mol. The van der Waals surface area contributed by atoms with Gasteiger partial charge in [0.15, 0.2) is 5.96 Å². The van der Waals surface area contributed by atoms with Crippen LogP contribution in [0.3, 0.4) is 0 Å². The number of nitrogens with zero attached hydrogens (tertiary/aromatic N) is 3. The molecule has 0 bridgehead atoms. The van der Waals surface area contributed by atoms with E-state index < -0.39 is 0 Å². The van der Waals surface area contributed by atoms with Crippen molar-refractivity contribution in [1.82, 2.24) is 15.2 Å². The number of halogens is 1. The van der Waals surface area contributed by atoms with Crippen LogP contribution in [-0.4, -0.2) is 36.0 Å². The lowest BCUT2D eigenvalue weighted by Gasteiger charge is -2.21. The molecule has 0 radical (unpaired) electrons. The Bertz CT molecular complexity index is 621. The Morgan fingerprint density at radius 2 is 2.27 bits per heavy atom. The first-order valence-electron chi connectivity index (χ1n) is 7.23. The molecule has 0 spiro atoms. The second-order valence-electron chi connectivity index (χ2n) is 4.91. The van der Waals surface area contributed by atoms with E-state index in [1.165, 1.54) is 7.76 Å². The summed E-state index contributed by atoms with van der Waals surface area (Å²) >= 11 is 5.89. The lowest BCUT2D eigenvalue weighted by atomic mass is 10.3. The van der Waals surface area contributed by atoms with Crippen molar-refractivity contribution in [1.29, 1.82) is 0 Å². The van der Waals surface area contributed by atoms with Gasteiger partial charge in [0.25, 0.3) is 0 Å². The Labute approximate surface area is 153 Å². The normalized spacial score (nSPS) is 11.7. The molecule has 0 aliphatic heterocycles. The molecule has 2 rings (SSSR count). The molecule has 2 heterocycles. The van der Waals surface area contributed by atoms with E-state index in [1.54, 1.807) is 11.3 Å². The number of hydrogen-bond acceptors (Lipinski definition) is 4. The van der Waals surface area contributed by atoms with Gasteiger partial charge in [-0.3, -0.25) is 4.99 Å². The van der Waals surface area contributed by atoms with Crippen LogP contribution in [0.2, 0.25) is 0 Å². The number of aliphatic imine (C=N–C) groups is 1. The molecule has 120 valence electrons. The fourth-order valence-electron chi connectivity index (χ4n) is 2.03. The van der Waals surface area contributed by atoms with Crippen LogP contribution in [0, 0.1) is 9.81 Å². The summed E-state index contributed by atoms with van der Waals surface area (Å²) in [4.78, 5) is 12.8. The van der Waals surface area contributed by atoms with Crippen LogP contribution in [-0.2, 0) is 13.0 Å². The molecule has 4 nitrogen and oxygen atoms in total. The van der Waals surface area contributed by atoms with Gasteiger partial charge in [-0.2, -0.15) is 0 Å². The third-order valence-electron chi connectivity index (χ3n) is 3.01. The van der Waals surface area contributed by atoms with Crippen LogP contribution >= 0.6 is 45.3 Å². The molecule has 0 atom stereocenters. The standard InChI is InChI=1S/C15H21IN4S2/c1-4-17-15(18-8-7-13-5-6-14(16)22-13)20(3)9-12-10-21-11(2)19-12/h5-6,10H,4,7-9H2,1-3H3,(H,17,18). The molecule has 0 saturated heterocycles. The minimum atomic E-state index is 0.785. The first kappa shape index (κ1) is 17.7. The number of aromatic nitrogens is 1. The SMILES string of the molecule is CCNC(=NCCc1ccc(I)s1)N(C)Cc1csc(C)n1. The smallest absolute Gasteiger partial charge is 0.194 e. The Morgan fingerprint density at radius 1 is 1.45 bits per heavy atom. The van der Waals surface area contributed by atoms with E-state index in [0.717, 1.165) is 42.7 Å². The molecule has 0 amide bonds. The zero-order valence-corrected chi connectivity index (χ0v) is 16.9. The minimum Gasteiger partial charge on any atom is -0.357 e. The summed E-state index contributed by atoms with van der Waals surface area (Å²) in [5, 5.41) is 6.58. The van der Waals surface area contributed by atoms with Crippen molar-refractivity contribution >= 4 is 51.2 Å². The second kappa shape index (κ2) is 8.83. The predicted molar refractivity (Wildman–Crippen MR) is 105 cm³/mol. The number of rotatable bonds is 6. The first-order chi connectivity index (χ1) is 10.6. The Balaban J connectivity index is 1.93. The van der Waals surface area contributed by atoms with Gasteiger partial charge in [0, 0.05) is 36.8 Å². The van der Waals surface area contributed by atoms with E-state index in [4.69, 9.17) is 4.99 Å². The van der Waals surface area contributed by atoms with Gasteiger partial charge in [-0.05, 0) is 48.6 Å². The number of thiazole rings is 1. The summed E-state index contributed by atoms with van der Waals surface area (Å²) in [7, 11) is 2.06. The highest BCUT2D eigenvalue weighted by atomic mass is 127. The molecule has 2 aromatic rings. The van der Waals surface area contributed by atoms with Gasteiger partial charge >= 0.3 is 0 Å². The van der Waals surface area contributed by atoms with Crippen molar-refractivity contribution in [2.24, 2.45) is 4.99 Å². The summed E-state index contributed by atoms with van der Waals surface area (Å²) in [6, 6.07) is 4.35. The first-order valence-corrected chi connectivity index (χ1v) is 10.0. The largest absolute Gasteiger partial charge is 0.357 e. The summed E-state index contributed by atoms with van der Waals surface area (Å²) in [6.07, 6.45) is 0.992. The van der Waals surface area contributed by atoms with Gasteiger partial charge in [0.1, 0.15) is 0 Å². The molecule has 22 heavy (non-hydrogen) atoms. The van der Waals surface area contributed by atoms with Crippen molar-refractivity contribution in [3.8, 4) is 0 Å². The van der Waals surface area contributed by atoms with Crippen molar-refractivity contribution in [3.63, 3.8) is 0 Å². The fourth-order valence-corrected chi connectivity index (χ4v) is 4.37. The quantitative estimate of drug-likeness (QED) is 0.416. The van der Waals surface area contributed by atoms with Crippen LogP contribution in [0.4, 0.5) is 0 Å². The summed E-state index contributed by atoms with van der Waals surface area (Å²) in [5.41, 5.74) is 1.10. The maximum absolute atomic E-state index is 4.73. The summed E-state index contributed by atoms with van der Waals surface area (Å²) < 4.78 is 1.33. The molecule has 0 saturated carbocycles. The summed E-state index contributed by atoms with van der Waals surface area (Å²) in [6.45, 7) is 6.59. The van der Waals surface area contributed by atoms with E-state index in [9.17, 15) is 0 Å². The molecule has 7 heteroatoms. The molecular formula is C15H21IN4S2. The topological polar surface area (TPSA) is 40.5 Å². The average molecular weight is 448 g/mol. The maximum atomic E-state index is 4.73.